The van der Waals surface area contributed by atoms with Crippen LogP contribution in [0.2, 0.25) is 0 Å². The van der Waals surface area contributed by atoms with Crippen LogP contribution in [0.5, 0.6) is 0 Å². The second-order valence-electron chi connectivity index (χ2n) is 15.0. The van der Waals surface area contributed by atoms with Crippen LogP contribution in [-0.2, 0) is 0 Å². The van der Waals surface area contributed by atoms with Gasteiger partial charge in [-0.25, -0.2) is 9.59 Å². The molecule has 0 unspecified atom stereocenters. The Morgan fingerprint density at radius 2 is 0.861 bits per heavy atom. The summed E-state index contributed by atoms with van der Waals surface area (Å²) in [5.41, 5.74) is 0.170. The fraction of sp³-hybridized carbons (Fsp3) is 0.933. The maximum atomic E-state index is 12.9. The van der Waals surface area contributed by atoms with E-state index in [4.69, 9.17) is 0 Å². The Morgan fingerprint density at radius 1 is 0.528 bits per heavy atom. The van der Waals surface area contributed by atoms with Crippen LogP contribution < -0.4 is 21.3 Å². The number of nitrogens with one attached hydrogen (secondary N) is 4. The van der Waals surface area contributed by atoms with Crippen LogP contribution in [0.25, 0.3) is 0 Å². The molecule has 0 radical (unpaired) electrons. The van der Waals surface area contributed by atoms with E-state index in [1.165, 1.54) is 96.3 Å². The summed E-state index contributed by atoms with van der Waals surface area (Å²) in [6.07, 6.45) is 20.3. The third-order valence-electron chi connectivity index (χ3n) is 11.8. The molecule has 9 rings (SSSR count). The Morgan fingerprint density at radius 3 is 1.19 bits per heavy atom. The summed E-state index contributed by atoms with van der Waals surface area (Å²) in [5.74, 6) is 6.16. The maximum absolute atomic E-state index is 12.9. The monoisotopic (exact) mass is 496 g/mol. The van der Waals surface area contributed by atoms with Gasteiger partial charge in [0.15, 0.2) is 0 Å². The van der Waals surface area contributed by atoms with Crippen molar-refractivity contribution in [1.82, 2.24) is 21.3 Å². The van der Waals surface area contributed by atoms with Gasteiger partial charge in [-0.3, -0.25) is 0 Å². The molecule has 9 aliphatic carbocycles. The van der Waals surface area contributed by atoms with Gasteiger partial charge in [0, 0.05) is 24.2 Å². The Labute approximate surface area is 217 Å². The summed E-state index contributed by atoms with van der Waals surface area (Å²) in [5, 5.41) is 13.4. The molecule has 0 spiro atoms. The van der Waals surface area contributed by atoms with Gasteiger partial charge in [0.2, 0.25) is 0 Å². The van der Waals surface area contributed by atoms with E-state index in [1.807, 2.05) is 0 Å². The molecule has 0 aromatic carbocycles. The molecule has 6 heteroatoms. The minimum absolute atomic E-state index is 0.0622. The molecule has 8 bridgehead atoms. The molecule has 6 nitrogen and oxygen atoms in total. The Bertz CT molecular complexity index is 732. The summed E-state index contributed by atoms with van der Waals surface area (Å²) in [6, 6.07) is 0.124. The van der Waals surface area contributed by atoms with Gasteiger partial charge in [0.05, 0.1) is 0 Å². The molecular formula is C30H48N4O2. The van der Waals surface area contributed by atoms with Crippen molar-refractivity contribution in [2.45, 2.75) is 114 Å². The van der Waals surface area contributed by atoms with Crippen LogP contribution in [0.3, 0.4) is 0 Å². The number of urea groups is 2. The van der Waals surface area contributed by atoms with Crippen molar-refractivity contribution < 1.29 is 9.59 Å². The summed E-state index contributed by atoms with van der Waals surface area (Å²) in [7, 11) is 0. The molecule has 2 atom stereocenters. The van der Waals surface area contributed by atoms with E-state index < -0.39 is 0 Å². The zero-order valence-electron chi connectivity index (χ0n) is 22.2. The van der Waals surface area contributed by atoms with Crippen LogP contribution in [0, 0.1) is 47.3 Å². The topological polar surface area (TPSA) is 82.3 Å². The Kier molecular flexibility index (Phi) is 5.96. The summed E-state index contributed by atoms with van der Waals surface area (Å²) in [4.78, 5) is 25.8. The highest BCUT2D eigenvalue weighted by molar-refractivity contribution is 5.75. The zero-order chi connectivity index (χ0) is 24.3. The second-order valence-corrected chi connectivity index (χ2v) is 15.0. The number of hydrogen-bond acceptors (Lipinski definition) is 2. The third kappa shape index (κ3) is 4.75. The lowest BCUT2D eigenvalue weighted by atomic mass is 9.53. The molecule has 36 heavy (non-hydrogen) atoms. The van der Waals surface area contributed by atoms with E-state index in [1.54, 1.807) is 0 Å². The van der Waals surface area contributed by atoms with E-state index in [9.17, 15) is 9.59 Å². The SMILES string of the molecule is O=C(NC[C@H]1CCC[C@H](CNC(=O)NC23CC4CC(CC(C4)C2)C3)C1)NC12CC3CC(CC(C3)C1)C2. The molecule has 4 N–H and O–H groups in total. The molecule has 9 saturated carbocycles. The van der Waals surface area contributed by atoms with Crippen LogP contribution in [0.15, 0.2) is 0 Å². The van der Waals surface area contributed by atoms with Gasteiger partial charge in [-0.1, -0.05) is 6.42 Å². The number of carbonyl (C=O) groups is 2. The quantitative estimate of drug-likeness (QED) is 0.401. The van der Waals surface area contributed by atoms with E-state index in [0.717, 1.165) is 55.0 Å². The molecule has 0 aromatic heterocycles. The lowest BCUT2D eigenvalue weighted by Crippen LogP contribution is -2.61. The number of hydrogen-bond donors (Lipinski definition) is 4. The molecule has 9 fully saturated rings. The van der Waals surface area contributed by atoms with Crippen molar-refractivity contribution in [3.63, 3.8) is 0 Å². The van der Waals surface area contributed by atoms with Crippen molar-refractivity contribution in [2.75, 3.05) is 13.1 Å². The Hall–Kier alpha value is -1.46. The van der Waals surface area contributed by atoms with Crippen molar-refractivity contribution >= 4 is 12.1 Å². The van der Waals surface area contributed by atoms with Crippen molar-refractivity contribution in [1.29, 1.82) is 0 Å². The summed E-state index contributed by atoms with van der Waals surface area (Å²) in [6.45, 7) is 1.54. The number of rotatable bonds is 6. The molecule has 0 aromatic rings. The first-order valence-corrected chi connectivity index (χ1v) is 15.5. The standard InChI is InChI=1S/C30H48N4O2/c35-27(33-29-11-21-5-22(12-29)7-23(6-21)13-29)31-17-19-2-1-3-20(4-19)18-32-28(36)34-30-14-24-8-25(15-30)10-26(9-24)16-30/h19-26H,1-18H2,(H2,31,33,35)(H2,32,34,36)/t19-,20-,21?,22?,23?,24?,25?,26?,29?,30?/m0/s1. The zero-order valence-corrected chi connectivity index (χ0v) is 22.2. The highest BCUT2D eigenvalue weighted by atomic mass is 16.2. The first-order valence-electron chi connectivity index (χ1n) is 15.5. The molecule has 0 heterocycles. The van der Waals surface area contributed by atoms with Crippen LogP contribution in [0.1, 0.15) is 103 Å². The molecule has 4 amide bonds. The Balaban J connectivity index is 0.845. The smallest absolute Gasteiger partial charge is 0.315 e. The van der Waals surface area contributed by atoms with Gasteiger partial charge < -0.3 is 21.3 Å². The van der Waals surface area contributed by atoms with Crippen molar-refractivity contribution in [2.24, 2.45) is 47.3 Å². The lowest BCUT2D eigenvalue weighted by Gasteiger charge is -2.56. The number of carbonyl (C=O) groups excluding carboxylic acids is 2. The first kappa shape index (κ1) is 23.6. The predicted molar refractivity (Wildman–Crippen MR) is 140 cm³/mol. The highest BCUT2D eigenvalue weighted by Gasteiger charge is 2.52. The van der Waals surface area contributed by atoms with Crippen molar-refractivity contribution in [3.8, 4) is 0 Å². The minimum Gasteiger partial charge on any atom is -0.338 e. The average molecular weight is 497 g/mol. The average Bonchev–Trinajstić information content (AvgIpc) is 2.79. The molecule has 0 saturated heterocycles. The molecule has 0 aliphatic heterocycles. The summed E-state index contributed by atoms with van der Waals surface area (Å²) < 4.78 is 0. The van der Waals surface area contributed by atoms with Gasteiger partial charge in [-0.05, 0) is 144 Å². The number of amides is 4. The van der Waals surface area contributed by atoms with Gasteiger partial charge in [0.25, 0.3) is 0 Å². The van der Waals surface area contributed by atoms with Crippen LogP contribution >= 0.6 is 0 Å². The van der Waals surface area contributed by atoms with E-state index in [-0.39, 0.29) is 23.1 Å². The maximum Gasteiger partial charge on any atom is 0.315 e. The largest absolute Gasteiger partial charge is 0.338 e. The van der Waals surface area contributed by atoms with Gasteiger partial charge in [-0.2, -0.15) is 0 Å². The third-order valence-corrected chi connectivity index (χ3v) is 11.8. The fourth-order valence-corrected chi connectivity index (χ4v) is 11.3. The van der Waals surface area contributed by atoms with E-state index in [2.05, 4.69) is 21.3 Å². The molecule has 9 aliphatic rings. The van der Waals surface area contributed by atoms with Gasteiger partial charge in [-0.15, -0.1) is 0 Å². The fourth-order valence-electron chi connectivity index (χ4n) is 11.3. The van der Waals surface area contributed by atoms with E-state index in [0.29, 0.717) is 11.8 Å². The summed E-state index contributed by atoms with van der Waals surface area (Å²) >= 11 is 0. The van der Waals surface area contributed by atoms with E-state index >= 15 is 0 Å². The molecule has 200 valence electrons. The van der Waals surface area contributed by atoms with Crippen molar-refractivity contribution in [3.05, 3.63) is 0 Å². The first-order chi connectivity index (χ1) is 17.4. The van der Waals surface area contributed by atoms with Gasteiger partial charge in [0.1, 0.15) is 0 Å². The van der Waals surface area contributed by atoms with Gasteiger partial charge >= 0.3 is 12.1 Å². The normalized spacial score (nSPS) is 48.0. The predicted octanol–water partition coefficient (Wildman–Crippen LogP) is 5.33. The molecular weight excluding hydrogens is 448 g/mol. The highest BCUT2D eigenvalue weighted by Crippen LogP contribution is 2.56. The second kappa shape index (κ2) is 9.08. The minimum atomic E-state index is 0.0622. The van der Waals surface area contributed by atoms with Crippen LogP contribution in [0.4, 0.5) is 9.59 Å². The lowest BCUT2D eigenvalue weighted by molar-refractivity contribution is -0.0138. The van der Waals surface area contributed by atoms with Crippen LogP contribution in [-0.4, -0.2) is 36.2 Å².